The van der Waals surface area contributed by atoms with E-state index in [4.69, 9.17) is 0 Å². The molecule has 54 valence electrons. The van der Waals surface area contributed by atoms with Crippen molar-refractivity contribution < 1.29 is 4.48 Å². The lowest BCUT2D eigenvalue weighted by Crippen LogP contribution is -2.35. The summed E-state index contributed by atoms with van der Waals surface area (Å²) in [5, 5.41) is 0. The van der Waals surface area contributed by atoms with Gasteiger partial charge in [-0.3, -0.25) is 0 Å². The Morgan fingerprint density at radius 2 is 2.10 bits per heavy atom. The van der Waals surface area contributed by atoms with Crippen molar-refractivity contribution in [3.63, 3.8) is 0 Å². The van der Waals surface area contributed by atoms with Gasteiger partial charge in [0, 0.05) is 5.57 Å². The highest BCUT2D eigenvalue weighted by atomic mass is 15.3. The Morgan fingerprint density at radius 1 is 1.40 bits per heavy atom. The quantitative estimate of drug-likeness (QED) is 0.397. The molecule has 10 heavy (non-hydrogen) atoms. The van der Waals surface area contributed by atoms with Crippen molar-refractivity contribution in [2.24, 2.45) is 0 Å². The van der Waals surface area contributed by atoms with Crippen molar-refractivity contribution in [1.82, 2.24) is 0 Å². The van der Waals surface area contributed by atoms with Gasteiger partial charge in [-0.15, -0.1) is 5.73 Å². The predicted octanol–water partition coefficient (Wildman–Crippen LogP) is 1.34. The van der Waals surface area contributed by atoms with Crippen LogP contribution >= 0.6 is 0 Å². The fraction of sp³-hybridized carbons (Fsp3) is 0.444. The number of allylic oxidation sites excluding steroid dienone is 1. The molecule has 0 aromatic rings. The Bertz CT molecular complexity index is 209. The average molecular weight is 136 g/mol. The van der Waals surface area contributed by atoms with Crippen LogP contribution in [0.5, 0.6) is 0 Å². The molecular weight excluding hydrogens is 122 g/mol. The fourth-order valence-corrected chi connectivity index (χ4v) is 0.977. The average Bonchev–Trinajstić information content (AvgIpc) is 2.12. The topological polar surface area (TPSA) is 0 Å². The van der Waals surface area contributed by atoms with Gasteiger partial charge in [-0.2, -0.15) is 0 Å². The molecule has 0 heterocycles. The summed E-state index contributed by atoms with van der Waals surface area (Å²) in [6.45, 7) is 1.06. The lowest BCUT2D eigenvalue weighted by Gasteiger charge is -2.23. The van der Waals surface area contributed by atoms with E-state index < -0.39 is 0 Å². The summed E-state index contributed by atoms with van der Waals surface area (Å²) in [7, 11) is 6.54. The van der Waals surface area contributed by atoms with Crippen LogP contribution in [0.2, 0.25) is 0 Å². The van der Waals surface area contributed by atoms with E-state index >= 15 is 0 Å². The molecule has 0 aromatic heterocycles. The molecule has 0 spiro atoms. The normalized spacial score (nSPS) is 16.1. The van der Waals surface area contributed by atoms with E-state index in [0.29, 0.717) is 0 Å². The Kier molecular flexibility index (Phi) is 1.80. The van der Waals surface area contributed by atoms with Gasteiger partial charge >= 0.3 is 0 Å². The van der Waals surface area contributed by atoms with Gasteiger partial charge in [0.2, 0.25) is 0 Å². The summed E-state index contributed by atoms with van der Waals surface area (Å²) in [5.41, 5.74) is 4.48. The molecule has 0 fully saturated rings. The molecule has 1 heteroatoms. The highest BCUT2D eigenvalue weighted by Crippen LogP contribution is 2.05. The molecule has 0 aliphatic heterocycles. The van der Waals surface area contributed by atoms with Gasteiger partial charge in [0.25, 0.3) is 0 Å². The van der Waals surface area contributed by atoms with Gasteiger partial charge in [0.05, 0.1) is 21.1 Å². The summed E-state index contributed by atoms with van der Waals surface area (Å²) in [6, 6.07) is 0. The van der Waals surface area contributed by atoms with E-state index in [-0.39, 0.29) is 0 Å². The lowest BCUT2D eigenvalue weighted by atomic mass is 10.3. The first-order valence-electron chi connectivity index (χ1n) is 3.51. The SMILES string of the molecule is C[N+](C)(C)CC1=C=CC=C1. The van der Waals surface area contributed by atoms with Crippen molar-refractivity contribution >= 4 is 0 Å². The molecule has 0 radical (unpaired) electrons. The molecule has 0 N–H and O–H groups in total. The Balaban J connectivity index is 2.56. The minimum Gasteiger partial charge on any atom is -0.327 e. The zero-order valence-corrected chi connectivity index (χ0v) is 6.89. The maximum Gasteiger partial charge on any atom is 0.111 e. The van der Waals surface area contributed by atoms with Crippen LogP contribution in [0.25, 0.3) is 0 Å². The first kappa shape index (κ1) is 7.33. The Hall–Kier alpha value is -0.780. The zero-order valence-electron chi connectivity index (χ0n) is 6.89. The van der Waals surface area contributed by atoms with Crippen molar-refractivity contribution in [3.05, 3.63) is 29.5 Å². The predicted molar refractivity (Wildman–Crippen MR) is 43.6 cm³/mol. The van der Waals surface area contributed by atoms with Crippen LogP contribution in [-0.2, 0) is 0 Å². The molecule has 1 aliphatic rings. The third kappa shape index (κ3) is 2.22. The molecule has 0 aromatic carbocycles. The lowest BCUT2D eigenvalue weighted by molar-refractivity contribution is -0.865. The second kappa shape index (κ2) is 2.45. The van der Waals surface area contributed by atoms with Crippen LogP contribution in [0.15, 0.2) is 29.5 Å². The van der Waals surface area contributed by atoms with Crippen LogP contribution in [0.3, 0.4) is 0 Å². The first-order chi connectivity index (χ1) is 4.58. The van der Waals surface area contributed by atoms with Gasteiger partial charge in [-0.25, -0.2) is 0 Å². The maximum atomic E-state index is 3.18. The summed E-state index contributed by atoms with van der Waals surface area (Å²) in [4.78, 5) is 0. The second-order valence-corrected chi connectivity index (χ2v) is 3.64. The Labute approximate surface area is 62.6 Å². The van der Waals surface area contributed by atoms with E-state index in [2.05, 4.69) is 33.0 Å². The van der Waals surface area contributed by atoms with Gasteiger partial charge in [0.1, 0.15) is 6.54 Å². The molecule has 0 unspecified atom stereocenters. The van der Waals surface area contributed by atoms with Crippen molar-refractivity contribution in [1.29, 1.82) is 0 Å². The zero-order chi connectivity index (χ0) is 7.61. The van der Waals surface area contributed by atoms with E-state index in [0.717, 1.165) is 11.0 Å². The monoisotopic (exact) mass is 136 g/mol. The molecule has 1 nitrogen and oxygen atoms in total. The maximum absolute atomic E-state index is 3.18. The van der Waals surface area contributed by atoms with Crippen molar-refractivity contribution in [3.8, 4) is 0 Å². The number of likely N-dealkylation sites (N-methyl/N-ethyl adjacent to an activating group) is 1. The van der Waals surface area contributed by atoms with E-state index in [1.165, 1.54) is 5.57 Å². The minimum absolute atomic E-state index is 0.973. The number of hydrogen-bond acceptors (Lipinski definition) is 0. The Morgan fingerprint density at radius 3 is 2.50 bits per heavy atom. The summed E-state index contributed by atoms with van der Waals surface area (Å²) >= 11 is 0. The second-order valence-electron chi connectivity index (χ2n) is 3.64. The van der Waals surface area contributed by atoms with Gasteiger partial charge < -0.3 is 4.48 Å². The van der Waals surface area contributed by atoms with Crippen LogP contribution < -0.4 is 0 Å². The first-order valence-corrected chi connectivity index (χ1v) is 3.51. The molecule has 1 rings (SSSR count). The molecular formula is C9H14N+. The standard InChI is InChI=1S/C9H14N/c1-10(2,3)8-9-6-4-5-7-9/h4-6H,8H2,1-3H3/q+1. The van der Waals surface area contributed by atoms with Crippen molar-refractivity contribution in [2.75, 3.05) is 27.7 Å². The number of nitrogens with zero attached hydrogens (tertiary/aromatic N) is 1. The minimum atomic E-state index is 0.973. The summed E-state index contributed by atoms with van der Waals surface area (Å²) in [6.07, 6.45) is 6.11. The van der Waals surface area contributed by atoms with Crippen LogP contribution in [0.1, 0.15) is 0 Å². The molecule has 0 bridgehead atoms. The number of rotatable bonds is 2. The van der Waals surface area contributed by atoms with Crippen LogP contribution in [-0.4, -0.2) is 32.2 Å². The summed E-state index contributed by atoms with van der Waals surface area (Å²) in [5.74, 6) is 0. The third-order valence-corrected chi connectivity index (χ3v) is 1.31. The van der Waals surface area contributed by atoms with Gasteiger partial charge in [-0.1, -0.05) is 6.08 Å². The highest BCUT2D eigenvalue weighted by Gasteiger charge is 2.08. The van der Waals surface area contributed by atoms with Crippen LogP contribution in [0, 0.1) is 0 Å². The van der Waals surface area contributed by atoms with E-state index in [9.17, 15) is 0 Å². The molecule has 0 atom stereocenters. The molecule has 0 saturated carbocycles. The summed E-state index contributed by atoms with van der Waals surface area (Å²) < 4.78 is 0.973. The number of quaternary nitrogens is 1. The third-order valence-electron chi connectivity index (χ3n) is 1.31. The number of hydrogen-bond donors (Lipinski definition) is 0. The smallest absolute Gasteiger partial charge is 0.111 e. The highest BCUT2D eigenvalue weighted by molar-refractivity contribution is 5.29. The largest absolute Gasteiger partial charge is 0.327 e. The van der Waals surface area contributed by atoms with Gasteiger partial charge in [0.15, 0.2) is 0 Å². The fourth-order valence-electron chi connectivity index (χ4n) is 0.977. The van der Waals surface area contributed by atoms with E-state index in [1.807, 2.05) is 12.2 Å². The molecule has 1 aliphatic carbocycles. The van der Waals surface area contributed by atoms with Crippen LogP contribution in [0.4, 0.5) is 0 Å². The molecule has 0 saturated heterocycles. The molecule has 0 amide bonds. The van der Waals surface area contributed by atoms with Gasteiger partial charge in [-0.05, 0) is 12.2 Å². The van der Waals surface area contributed by atoms with E-state index in [1.54, 1.807) is 0 Å². The van der Waals surface area contributed by atoms with Crippen molar-refractivity contribution in [2.45, 2.75) is 0 Å².